The molecule has 0 spiro atoms. The second-order valence-electron chi connectivity index (χ2n) is 7.89. The van der Waals surface area contributed by atoms with E-state index in [2.05, 4.69) is 11.4 Å². The third-order valence-corrected chi connectivity index (χ3v) is 8.93. The molecule has 1 saturated heterocycles. The molecule has 1 aliphatic heterocycles. The minimum Gasteiger partial charge on any atom is -0.454 e. The molecule has 1 amide bonds. The molecule has 1 fully saturated rings. The number of ether oxygens (including phenoxy) is 1. The molecule has 1 aromatic carbocycles. The summed E-state index contributed by atoms with van der Waals surface area (Å²) >= 11 is 1.36. The molecule has 0 unspecified atom stereocenters. The highest BCUT2D eigenvalue weighted by Crippen LogP contribution is 2.37. The van der Waals surface area contributed by atoms with E-state index >= 15 is 0 Å². The first-order valence-electron chi connectivity index (χ1n) is 10.6. The second kappa shape index (κ2) is 9.59. The van der Waals surface area contributed by atoms with Crippen molar-refractivity contribution in [2.75, 3.05) is 18.5 Å². The summed E-state index contributed by atoms with van der Waals surface area (Å²) in [6.45, 7) is -0.564. The van der Waals surface area contributed by atoms with Crippen LogP contribution in [0, 0.1) is 17.1 Å². The molecule has 33 heavy (non-hydrogen) atoms. The van der Waals surface area contributed by atoms with Crippen LogP contribution in [0.4, 0.5) is 9.39 Å². The van der Waals surface area contributed by atoms with E-state index in [0.29, 0.717) is 17.0 Å². The molecule has 2 heterocycles. The van der Waals surface area contributed by atoms with E-state index in [9.17, 15) is 27.7 Å². The van der Waals surface area contributed by atoms with Crippen LogP contribution in [0.3, 0.4) is 0 Å². The first-order valence-corrected chi connectivity index (χ1v) is 12.9. The fourth-order valence-corrected chi connectivity index (χ4v) is 7.18. The molecule has 0 radical (unpaired) electrons. The van der Waals surface area contributed by atoms with Crippen LogP contribution >= 0.6 is 11.3 Å². The molecule has 4 rings (SSSR count). The number of amides is 1. The number of thiophene rings is 1. The molecule has 0 saturated carbocycles. The van der Waals surface area contributed by atoms with Gasteiger partial charge in [0.25, 0.3) is 5.91 Å². The zero-order valence-corrected chi connectivity index (χ0v) is 19.3. The SMILES string of the molecule is N#Cc1c(NC(=O)COC(=O)[C@@H]2CCCN2S(=O)(=O)c2ccccc2F)sc2c1CCCC2. The second-order valence-corrected chi connectivity index (χ2v) is 10.9. The number of carbonyl (C=O) groups is 2. The summed E-state index contributed by atoms with van der Waals surface area (Å²) in [6.07, 6.45) is 4.32. The van der Waals surface area contributed by atoms with Crippen molar-refractivity contribution in [2.24, 2.45) is 0 Å². The van der Waals surface area contributed by atoms with Crippen molar-refractivity contribution in [1.29, 1.82) is 5.26 Å². The molecule has 174 valence electrons. The first kappa shape index (κ1) is 23.4. The molecule has 11 heteroatoms. The van der Waals surface area contributed by atoms with Gasteiger partial charge in [0.15, 0.2) is 6.61 Å². The van der Waals surface area contributed by atoms with Crippen LogP contribution in [0.1, 0.15) is 41.7 Å². The van der Waals surface area contributed by atoms with E-state index in [1.807, 2.05) is 0 Å². The van der Waals surface area contributed by atoms with Gasteiger partial charge < -0.3 is 10.1 Å². The molecule has 1 aromatic heterocycles. The predicted octanol–water partition coefficient (Wildman–Crippen LogP) is 2.97. The number of rotatable bonds is 6. The van der Waals surface area contributed by atoms with E-state index in [-0.39, 0.29) is 13.0 Å². The van der Waals surface area contributed by atoms with Crippen molar-refractivity contribution < 1.29 is 27.1 Å². The topological polar surface area (TPSA) is 117 Å². The maximum atomic E-state index is 14.1. The Labute approximate surface area is 195 Å². The minimum absolute atomic E-state index is 0.0505. The number of hydrogen-bond acceptors (Lipinski definition) is 7. The Balaban J connectivity index is 1.41. The van der Waals surface area contributed by atoms with Gasteiger partial charge in [-0.3, -0.25) is 9.59 Å². The Kier molecular flexibility index (Phi) is 6.78. The molecular formula is C22H22FN3O5S2. The molecule has 1 N–H and O–H groups in total. The zero-order chi connectivity index (χ0) is 23.6. The van der Waals surface area contributed by atoms with Gasteiger partial charge in [-0.15, -0.1) is 11.3 Å². The van der Waals surface area contributed by atoms with Crippen LogP contribution < -0.4 is 5.32 Å². The Bertz CT molecular complexity index is 1240. The summed E-state index contributed by atoms with van der Waals surface area (Å²) in [5.41, 5.74) is 1.42. The predicted molar refractivity (Wildman–Crippen MR) is 119 cm³/mol. The third kappa shape index (κ3) is 4.64. The standard InChI is InChI=1S/C22H22FN3O5S2/c23-16-7-2-4-10-19(16)33(29,30)26-11-5-8-17(26)22(28)31-13-20(27)25-21-15(12-24)14-6-1-3-9-18(14)32-21/h2,4,7,10,17H,1,3,5-6,8-9,11,13H2,(H,25,27)/t17-/m0/s1. The maximum absolute atomic E-state index is 14.1. The van der Waals surface area contributed by atoms with E-state index < -0.39 is 45.3 Å². The van der Waals surface area contributed by atoms with Gasteiger partial charge in [-0.1, -0.05) is 12.1 Å². The van der Waals surface area contributed by atoms with Crippen LogP contribution in [0.5, 0.6) is 0 Å². The van der Waals surface area contributed by atoms with E-state index in [4.69, 9.17) is 4.74 Å². The largest absolute Gasteiger partial charge is 0.454 e. The quantitative estimate of drug-likeness (QED) is 0.621. The number of benzene rings is 1. The van der Waals surface area contributed by atoms with Crippen LogP contribution in [0.2, 0.25) is 0 Å². The highest BCUT2D eigenvalue weighted by Gasteiger charge is 2.41. The maximum Gasteiger partial charge on any atom is 0.324 e. The van der Waals surface area contributed by atoms with Gasteiger partial charge in [0.2, 0.25) is 10.0 Å². The van der Waals surface area contributed by atoms with Crippen molar-refractivity contribution in [1.82, 2.24) is 4.31 Å². The highest BCUT2D eigenvalue weighted by molar-refractivity contribution is 7.89. The summed E-state index contributed by atoms with van der Waals surface area (Å²) in [5, 5.41) is 12.6. The lowest BCUT2D eigenvalue weighted by Gasteiger charge is -2.22. The lowest BCUT2D eigenvalue weighted by atomic mass is 9.96. The Morgan fingerprint density at radius 1 is 1.24 bits per heavy atom. The fourth-order valence-electron chi connectivity index (χ4n) is 4.21. The average molecular weight is 492 g/mol. The molecule has 1 aliphatic carbocycles. The van der Waals surface area contributed by atoms with Crippen LogP contribution in [0.15, 0.2) is 29.2 Å². The summed E-state index contributed by atoms with van der Waals surface area (Å²) < 4.78 is 45.9. The number of hydrogen-bond donors (Lipinski definition) is 1. The van der Waals surface area contributed by atoms with Crippen molar-refractivity contribution in [3.63, 3.8) is 0 Å². The third-order valence-electron chi connectivity index (χ3n) is 5.78. The molecule has 2 aromatic rings. The van der Waals surface area contributed by atoms with Gasteiger partial charge >= 0.3 is 5.97 Å². The number of esters is 1. The number of anilines is 1. The van der Waals surface area contributed by atoms with Gasteiger partial charge in [-0.2, -0.15) is 9.57 Å². The normalized spacial score (nSPS) is 18.4. The lowest BCUT2D eigenvalue weighted by Crippen LogP contribution is -2.42. The molecule has 8 nitrogen and oxygen atoms in total. The number of nitrogens with one attached hydrogen (secondary N) is 1. The van der Waals surface area contributed by atoms with Crippen LogP contribution in [-0.4, -0.2) is 43.8 Å². The van der Waals surface area contributed by atoms with E-state index in [1.165, 1.54) is 23.5 Å². The summed E-state index contributed by atoms with van der Waals surface area (Å²) in [7, 11) is -4.24. The molecule has 1 atom stereocenters. The Morgan fingerprint density at radius 2 is 2.00 bits per heavy atom. The Morgan fingerprint density at radius 3 is 2.76 bits per heavy atom. The number of sulfonamides is 1. The van der Waals surface area contributed by atoms with E-state index in [1.54, 1.807) is 0 Å². The van der Waals surface area contributed by atoms with Gasteiger partial charge in [0, 0.05) is 11.4 Å². The molecule has 0 bridgehead atoms. The van der Waals surface area contributed by atoms with Gasteiger partial charge in [-0.05, 0) is 56.2 Å². The van der Waals surface area contributed by atoms with Gasteiger partial charge in [0.1, 0.15) is 27.8 Å². The van der Waals surface area contributed by atoms with Crippen molar-refractivity contribution in [3.05, 3.63) is 46.1 Å². The minimum atomic E-state index is -4.24. The monoisotopic (exact) mass is 491 g/mol. The van der Waals surface area contributed by atoms with Gasteiger partial charge in [0.05, 0.1) is 5.56 Å². The summed E-state index contributed by atoms with van der Waals surface area (Å²) in [5.74, 6) is -2.38. The highest BCUT2D eigenvalue weighted by atomic mass is 32.2. The van der Waals surface area contributed by atoms with Crippen molar-refractivity contribution in [2.45, 2.75) is 49.5 Å². The fraction of sp³-hybridized carbons (Fsp3) is 0.409. The number of halogens is 1. The number of nitriles is 1. The summed E-state index contributed by atoms with van der Waals surface area (Å²) in [6, 6.07) is 5.98. The Hall–Kier alpha value is -2.81. The number of carbonyl (C=O) groups excluding carboxylic acids is 2. The summed E-state index contributed by atoms with van der Waals surface area (Å²) in [4.78, 5) is 25.6. The van der Waals surface area contributed by atoms with Crippen molar-refractivity contribution >= 4 is 38.2 Å². The van der Waals surface area contributed by atoms with Crippen molar-refractivity contribution in [3.8, 4) is 6.07 Å². The number of nitrogens with zero attached hydrogens (tertiary/aromatic N) is 2. The molecular weight excluding hydrogens is 469 g/mol. The first-order chi connectivity index (χ1) is 15.8. The smallest absolute Gasteiger partial charge is 0.324 e. The number of aryl methyl sites for hydroxylation is 1. The van der Waals surface area contributed by atoms with Gasteiger partial charge in [-0.25, -0.2) is 12.8 Å². The zero-order valence-electron chi connectivity index (χ0n) is 17.7. The molecule has 2 aliphatic rings. The van der Waals surface area contributed by atoms with E-state index in [0.717, 1.165) is 52.6 Å². The van der Waals surface area contributed by atoms with Crippen LogP contribution in [0.25, 0.3) is 0 Å². The number of fused-ring (bicyclic) bond motifs is 1. The average Bonchev–Trinajstić information content (AvgIpc) is 3.42. The lowest BCUT2D eigenvalue weighted by molar-refractivity contribution is -0.150. The van der Waals surface area contributed by atoms with Crippen LogP contribution in [-0.2, 0) is 37.2 Å².